The van der Waals surface area contributed by atoms with Crippen molar-refractivity contribution in [3.05, 3.63) is 82.3 Å². The Hall–Kier alpha value is -3.70. The Bertz CT molecular complexity index is 1210. The zero-order valence-corrected chi connectivity index (χ0v) is 17.5. The molecule has 1 amide bonds. The molecule has 0 bridgehead atoms. The van der Waals surface area contributed by atoms with Gasteiger partial charge in [0.05, 0.1) is 28.2 Å². The number of furan rings is 1. The molecule has 3 rings (SSSR count). The van der Waals surface area contributed by atoms with E-state index in [0.29, 0.717) is 11.4 Å². The molecule has 162 valence electrons. The molecule has 1 aromatic heterocycles. The summed E-state index contributed by atoms with van der Waals surface area (Å²) >= 11 is 0. The number of nitro benzene ring substituents is 1. The largest absolute Gasteiger partial charge is 0.468 e. The molecule has 31 heavy (non-hydrogen) atoms. The Morgan fingerprint density at radius 1 is 1.13 bits per heavy atom. The molecule has 0 aliphatic carbocycles. The Kier molecular flexibility index (Phi) is 6.37. The molecular weight excluding hydrogens is 424 g/mol. The van der Waals surface area contributed by atoms with Gasteiger partial charge in [0.1, 0.15) is 5.76 Å². The number of carbonyl (C=O) groups excluding carboxylic acids is 1. The lowest BCUT2D eigenvalue weighted by Crippen LogP contribution is -2.23. The molecule has 2 aromatic carbocycles. The van der Waals surface area contributed by atoms with E-state index in [9.17, 15) is 23.3 Å². The second-order valence-electron chi connectivity index (χ2n) is 6.74. The van der Waals surface area contributed by atoms with E-state index in [1.54, 1.807) is 31.1 Å². The number of nitrogens with one attached hydrogen (secondary N) is 2. The molecule has 0 fully saturated rings. The number of anilines is 2. The van der Waals surface area contributed by atoms with Gasteiger partial charge in [0.25, 0.3) is 11.6 Å². The molecule has 0 spiro atoms. The summed E-state index contributed by atoms with van der Waals surface area (Å²) in [7, 11) is -0.449. The van der Waals surface area contributed by atoms with E-state index in [2.05, 4.69) is 10.0 Å². The van der Waals surface area contributed by atoms with Gasteiger partial charge in [-0.3, -0.25) is 14.9 Å². The van der Waals surface area contributed by atoms with Gasteiger partial charge < -0.3 is 14.6 Å². The maximum absolute atomic E-state index is 12.8. The van der Waals surface area contributed by atoms with Gasteiger partial charge in [-0.25, -0.2) is 13.1 Å². The molecule has 3 aromatic rings. The van der Waals surface area contributed by atoms with Crippen LogP contribution in [0, 0.1) is 10.1 Å². The third-order valence-electron chi connectivity index (χ3n) is 4.34. The quantitative estimate of drug-likeness (QED) is 0.403. The van der Waals surface area contributed by atoms with E-state index in [1.165, 1.54) is 48.7 Å². The van der Waals surface area contributed by atoms with Crippen molar-refractivity contribution in [2.24, 2.45) is 0 Å². The van der Waals surface area contributed by atoms with Gasteiger partial charge in [0.2, 0.25) is 10.0 Å². The first-order valence-corrected chi connectivity index (χ1v) is 10.5. The van der Waals surface area contributed by atoms with E-state index in [0.717, 1.165) is 0 Å². The minimum Gasteiger partial charge on any atom is -0.468 e. The van der Waals surface area contributed by atoms with Crippen molar-refractivity contribution in [1.29, 1.82) is 0 Å². The first-order chi connectivity index (χ1) is 14.7. The number of hydrogen-bond acceptors (Lipinski definition) is 7. The van der Waals surface area contributed by atoms with Crippen LogP contribution in [0.25, 0.3) is 0 Å². The van der Waals surface area contributed by atoms with Gasteiger partial charge in [0.15, 0.2) is 0 Å². The predicted molar refractivity (Wildman–Crippen MR) is 115 cm³/mol. The molecule has 11 heteroatoms. The van der Waals surface area contributed by atoms with Gasteiger partial charge >= 0.3 is 0 Å². The fourth-order valence-corrected chi connectivity index (χ4v) is 3.85. The van der Waals surface area contributed by atoms with Crippen molar-refractivity contribution >= 4 is 33.0 Å². The lowest BCUT2D eigenvalue weighted by Gasteiger charge is -2.17. The smallest absolute Gasteiger partial charge is 0.270 e. The predicted octanol–water partition coefficient (Wildman–Crippen LogP) is 2.98. The summed E-state index contributed by atoms with van der Waals surface area (Å²) in [6, 6.07) is 12.9. The van der Waals surface area contributed by atoms with E-state index in [-0.39, 0.29) is 28.4 Å². The molecule has 10 nitrogen and oxygen atoms in total. The lowest BCUT2D eigenvalue weighted by molar-refractivity contribution is -0.384. The minimum atomic E-state index is -3.86. The molecule has 1 heterocycles. The average Bonchev–Trinajstić information content (AvgIpc) is 3.25. The van der Waals surface area contributed by atoms with Gasteiger partial charge in [-0.2, -0.15) is 0 Å². The number of nitro groups is 1. The summed E-state index contributed by atoms with van der Waals surface area (Å²) in [6.07, 6.45) is 1.44. The van der Waals surface area contributed by atoms with Gasteiger partial charge in [0, 0.05) is 37.6 Å². The average molecular weight is 444 g/mol. The van der Waals surface area contributed by atoms with E-state index < -0.39 is 20.9 Å². The SMILES string of the molecule is CN(C)c1ccc([N+](=O)[O-])cc1C(=O)Nc1cccc(S(=O)(=O)NCc2ccco2)c1. The molecule has 0 radical (unpaired) electrons. The lowest BCUT2D eigenvalue weighted by atomic mass is 10.1. The number of benzene rings is 2. The van der Waals surface area contributed by atoms with Crippen LogP contribution in [0.5, 0.6) is 0 Å². The van der Waals surface area contributed by atoms with E-state index in [4.69, 9.17) is 4.42 Å². The second kappa shape index (κ2) is 8.98. The molecule has 0 atom stereocenters. The van der Waals surface area contributed by atoms with Crippen LogP contribution >= 0.6 is 0 Å². The van der Waals surface area contributed by atoms with Crippen LogP contribution in [0.2, 0.25) is 0 Å². The van der Waals surface area contributed by atoms with Crippen molar-refractivity contribution in [1.82, 2.24) is 4.72 Å². The molecule has 0 aliphatic rings. The van der Waals surface area contributed by atoms with Crippen LogP contribution in [0.3, 0.4) is 0 Å². The highest BCUT2D eigenvalue weighted by atomic mass is 32.2. The number of non-ortho nitro benzene ring substituents is 1. The third-order valence-corrected chi connectivity index (χ3v) is 5.74. The van der Waals surface area contributed by atoms with Gasteiger partial charge in [-0.1, -0.05) is 6.07 Å². The number of rotatable bonds is 8. The van der Waals surface area contributed by atoms with Crippen molar-refractivity contribution < 1.29 is 22.6 Å². The number of nitrogens with zero attached hydrogens (tertiary/aromatic N) is 2. The summed E-state index contributed by atoms with van der Waals surface area (Å²) in [6.45, 7) is -0.0220. The Morgan fingerprint density at radius 2 is 1.90 bits per heavy atom. The zero-order chi connectivity index (χ0) is 22.6. The zero-order valence-electron chi connectivity index (χ0n) is 16.7. The minimum absolute atomic E-state index is 0.0220. The van der Waals surface area contributed by atoms with Crippen LogP contribution in [-0.2, 0) is 16.6 Å². The van der Waals surface area contributed by atoms with Crippen molar-refractivity contribution in [3.8, 4) is 0 Å². The topological polar surface area (TPSA) is 135 Å². The molecule has 2 N–H and O–H groups in total. The Morgan fingerprint density at radius 3 is 2.55 bits per heavy atom. The monoisotopic (exact) mass is 444 g/mol. The number of carbonyl (C=O) groups is 1. The number of sulfonamides is 1. The highest BCUT2D eigenvalue weighted by molar-refractivity contribution is 7.89. The standard InChI is InChI=1S/C20H20N4O6S/c1-23(2)19-9-8-15(24(26)27)12-18(19)20(25)22-14-5-3-7-17(11-14)31(28,29)21-13-16-6-4-10-30-16/h3-12,21H,13H2,1-2H3,(H,22,25). The van der Waals surface area contributed by atoms with E-state index in [1.807, 2.05) is 0 Å². The van der Waals surface area contributed by atoms with E-state index >= 15 is 0 Å². The molecule has 0 aliphatic heterocycles. The van der Waals surface area contributed by atoms with Crippen LogP contribution in [0.15, 0.2) is 70.2 Å². The van der Waals surface area contributed by atoms with Crippen LogP contribution in [-0.4, -0.2) is 33.3 Å². The second-order valence-corrected chi connectivity index (χ2v) is 8.51. The number of hydrogen-bond donors (Lipinski definition) is 2. The van der Waals surface area contributed by atoms with Crippen LogP contribution < -0.4 is 14.9 Å². The number of amides is 1. The Balaban J connectivity index is 1.83. The normalized spacial score (nSPS) is 11.2. The first-order valence-electron chi connectivity index (χ1n) is 9.06. The van der Waals surface area contributed by atoms with Crippen LogP contribution in [0.4, 0.5) is 17.1 Å². The molecule has 0 saturated carbocycles. The van der Waals surface area contributed by atoms with Gasteiger partial charge in [-0.15, -0.1) is 0 Å². The highest BCUT2D eigenvalue weighted by Gasteiger charge is 2.20. The summed E-state index contributed by atoms with van der Waals surface area (Å²) in [5.41, 5.74) is 0.562. The molecular formula is C20H20N4O6S. The van der Waals surface area contributed by atoms with Crippen molar-refractivity contribution in [3.63, 3.8) is 0 Å². The molecule has 0 unspecified atom stereocenters. The third kappa shape index (κ3) is 5.27. The van der Waals surface area contributed by atoms with Crippen LogP contribution in [0.1, 0.15) is 16.1 Å². The maximum Gasteiger partial charge on any atom is 0.270 e. The summed E-state index contributed by atoms with van der Waals surface area (Å²) < 4.78 is 32.6. The van der Waals surface area contributed by atoms with Crippen molar-refractivity contribution in [2.75, 3.05) is 24.3 Å². The van der Waals surface area contributed by atoms with Gasteiger partial charge in [-0.05, 0) is 36.4 Å². The first kappa shape index (κ1) is 22.0. The summed E-state index contributed by atoms with van der Waals surface area (Å²) in [5.74, 6) is -0.152. The Labute approximate surface area is 178 Å². The summed E-state index contributed by atoms with van der Waals surface area (Å²) in [5, 5.41) is 13.7. The molecule has 0 saturated heterocycles. The fourth-order valence-electron chi connectivity index (χ4n) is 2.81. The fraction of sp³-hybridized carbons (Fsp3) is 0.150. The highest BCUT2D eigenvalue weighted by Crippen LogP contribution is 2.26. The van der Waals surface area contributed by atoms with Crippen molar-refractivity contribution in [2.45, 2.75) is 11.4 Å². The summed E-state index contributed by atoms with van der Waals surface area (Å²) in [4.78, 5) is 24.9. The maximum atomic E-state index is 12.8.